The summed E-state index contributed by atoms with van der Waals surface area (Å²) in [6.45, 7) is 5.71. The van der Waals surface area contributed by atoms with Gasteiger partial charge in [-0.2, -0.15) is 0 Å². The van der Waals surface area contributed by atoms with Gasteiger partial charge in [-0.1, -0.05) is 15.9 Å². The number of hydrazine groups is 1. The van der Waals surface area contributed by atoms with Gasteiger partial charge in [-0.25, -0.2) is 0 Å². The molecule has 0 saturated heterocycles. The number of benzene rings is 1. The topological polar surface area (TPSA) is 58.1 Å². The molecule has 0 aromatic heterocycles. The number of hydrogen-bond donors (Lipinski definition) is 2. The van der Waals surface area contributed by atoms with Gasteiger partial charge < -0.3 is 5.73 Å². The van der Waals surface area contributed by atoms with E-state index >= 15 is 0 Å². The summed E-state index contributed by atoms with van der Waals surface area (Å²) in [6, 6.07) is 3.47. The fraction of sp³-hybridized carbons (Fsp3) is 0.400. The lowest BCUT2D eigenvalue weighted by atomic mass is 10.1. The maximum Gasteiger partial charge on any atom is 0.328 e. The average Bonchev–Trinajstić information content (AvgIpc) is 1.96. The Morgan fingerprint density at radius 2 is 1.88 bits per heavy atom. The van der Waals surface area contributed by atoms with Crippen LogP contribution in [0, 0.1) is 4.91 Å². The number of hydrogen-bond acceptors (Lipinski definition) is 2. The molecule has 0 atom stereocenters. The zero-order valence-electron chi connectivity index (χ0n) is 9.34. The Morgan fingerprint density at radius 3 is 2.31 bits per heavy atom. The molecule has 0 heterocycles. The summed E-state index contributed by atoms with van der Waals surface area (Å²) in [5.74, 6) is 0. The first-order valence-corrected chi connectivity index (χ1v) is 6.29. The van der Waals surface area contributed by atoms with Crippen LogP contribution in [0.25, 0.3) is 0 Å². The van der Waals surface area contributed by atoms with Crippen LogP contribution in [0.1, 0.15) is 20.8 Å². The number of nitroso groups, excluding NO2 is 1. The summed E-state index contributed by atoms with van der Waals surface area (Å²) in [5, 5.41) is 0. The molecule has 1 aromatic carbocycles. The molecule has 0 saturated carbocycles. The highest BCUT2D eigenvalue weighted by Gasteiger charge is 2.27. The van der Waals surface area contributed by atoms with Crippen molar-refractivity contribution < 1.29 is 4.87 Å². The van der Waals surface area contributed by atoms with Crippen LogP contribution >= 0.6 is 31.9 Å². The van der Waals surface area contributed by atoms with Crippen molar-refractivity contribution in [2.45, 2.75) is 26.3 Å². The zero-order chi connectivity index (χ0) is 12.5. The summed E-state index contributed by atoms with van der Waals surface area (Å²) in [6.07, 6.45) is 0. The minimum atomic E-state index is -0.319. The van der Waals surface area contributed by atoms with Crippen LogP contribution in [0.4, 0.5) is 11.4 Å². The Labute approximate surface area is 111 Å². The largest absolute Gasteiger partial charge is 0.393 e. The molecule has 1 rings (SSSR count). The van der Waals surface area contributed by atoms with Crippen LogP contribution < -0.4 is 11.2 Å². The Hall–Kier alpha value is -0.620. The van der Waals surface area contributed by atoms with Crippen molar-refractivity contribution in [3.63, 3.8) is 0 Å². The van der Waals surface area contributed by atoms with E-state index in [1.54, 1.807) is 12.1 Å². The molecule has 4 nitrogen and oxygen atoms in total. The molecule has 0 radical (unpaired) electrons. The van der Waals surface area contributed by atoms with Crippen LogP contribution in [0.3, 0.4) is 0 Å². The number of nitrogens with two attached hydrogens (primary N) is 1. The van der Waals surface area contributed by atoms with E-state index in [0.717, 1.165) is 4.47 Å². The number of halogens is 2. The lowest BCUT2D eigenvalue weighted by Gasteiger charge is -2.14. The van der Waals surface area contributed by atoms with Gasteiger partial charge in [0.15, 0.2) is 4.87 Å². The molecule has 6 heteroatoms. The Balaban J connectivity index is 3.10. The molecular weight excluding hydrogens is 338 g/mol. The third-order valence-electron chi connectivity index (χ3n) is 1.70. The minimum Gasteiger partial charge on any atom is -0.393 e. The smallest absolute Gasteiger partial charge is 0.328 e. The number of anilines is 1. The first kappa shape index (κ1) is 13.4. The van der Waals surface area contributed by atoms with E-state index in [9.17, 15) is 4.91 Å². The van der Waals surface area contributed by atoms with Crippen molar-refractivity contribution in [1.82, 2.24) is 5.43 Å². The van der Waals surface area contributed by atoms with E-state index < -0.39 is 0 Å². The van der Waals surface area contributed by atoms with E-state index in [4.69, 9.17) is 5.73 Å². The standard InChI is InChI=1S/C10H14Br2N3O/c1-10(2,3)14-15(16)9-7(12)4-6(11)5-8(9)13/h4-5H,13H2,1-3H3,(H,14,16)/q+1. The summed E-state index contributed by atoms with van der Waals surface area (Å²) in [4.78, 5) is 12.6. The lowest BCUT2D eigenvalue weighted by molar-refractivity contribution is -0.541. The summed E-state index contributed by atoms with van der Waals surface area (Å²) in [7, 11) is 0. The second-order valence-corrected chi connectivity index (χ2v) is 6.25. The molecule has 16 heavy (non-hydrogen) atoms. The van der Waals surface area contributed by atoms with Gasteiger partial charge in [0.05, 0.1) is 10.4 Å². The summed E-state index contributed by atoms with van der Waals surface area (Å²) in [5.41, 5.74) is 9.07. The number of nitrogens with zero attached hydrogens (tertiary/aromatic N) is 1. The van der Waals surface area contributed by atoms with E-state index in [0.29, 0.717) is 20.7 Å². The fourth-order valence-electron chi connectivity index (χ4n) is 1.16. The Bertz CT molecular complexity index is 404. The molecule has 88 valence electrons. The average molecular weight is 352 g/mol. The first-order chi connectivity index (χ1) is 7.20. The second kappa shape index (κ2) is 4.71. The Kier molecular flexibility index (Phi) is 3.96. The van der Waals surface area contributed by atoms with E-state index in [-0.39, 0.29) is 5.54 Å². The minimum absolute atomic E-state index is 0.319. The third kappa shape index (κ3) is 3.45. The van der Waals surface area contributed by atoms with Crippen LogP contribution in [0.2, 0.25) is 0 Å². The molecule has 0 aliphatic carbocycles. The van der Waals surface area contributed by atoms with Gasteiger partial charge in [0.25, 0.3) is 0 Å². The lowest BCUT2D eigenvalue weighted by Crippen LogP contribution is -2.40. The number of rotatable bonds is 2. The highest BCUT2D eigenvalue weighted by molar-refractivity contribution is 9.11. The van der Waals surface area contributed by atoms with Gasteiger partial charge in [0.2, 0.25) is 0 Å². The molecule has 3 N–H and O–H groups in total. The molecule has 1 aromatic rings. The maximum absolute atomic E-state index is 11.9. The van der Waals surface area contributed by atoms with Gasteiger partial charge in [0, 0.05) is 4.47 Å². The zero-order valence-corrected chi connectivity index (χ0v) is 12.5. The highest BCUT2D eigenvalue weighted by atomic mass is 79.9. The molecule has 0 spiro atoms. The number of nitrogens with one attached hydrogen (secondary N) is 1. The fourth-order valence-corrected chi connectivity index (χ4v) is 2.58. The van der Waals surface area contributed by atoms with E-state index in [1.807, 2.05) is 20.8 Å². The van der Waals surface area contributed by atoms with Crippen LogP contribution in [0.15, 0.2) is 21.1 Å². The quantitative estimate of drug-likeness (QED) is 0.487. The molecule has 0 amide bonds. The van der Waals surface area contributed by atoms with Gasteiger partial charge in [0.1, 0.15) is 10.2 Å². The third-order valence-corrected chi connectivity index (χ3v) is 2.76. The molecule has 0 unspecified atom stereocenters. The molecule has 0 bridgehead atoms. The van der Waals surface area contributed by atoms with Gasteiger partial charge in [-0.15, -0.1) is 5.43 Å². The normalized spacial score (nSPS) is 11.3. The van der Waals surface area contributed by atoms with Gasteiger partial charge in [-0.3, -0.25) is 0 Å². The maximum atomic E-state index is 11.9. The summed E-state index contributed by atoms with van der Waals surface area (Å²) >= 11 is 6.62. The molecule has 0 fully saturated rings. The first-order valence-electron chi connectivity index (χ1n) is 4.70. The number of nitrogen functional groups attached to an aromatic ring is 1. The van der Waals surface area contributed by atoms with Crippen molar-refractivity contribution in [2.24, 2.45) is 0 Å². The van der Waals surface area contributed by atoms with Crippen LogP contribution in [-0.4, -0.2) is 10.4 Å². The SMILES string of the molecule is CC(C)(C)N[N+](=O)c1c(N)cc(Br)cc1Br. The predicted octanol–water partition coefficient (Wildman–Crippen LogP) is 3.51. The van der Waals surface area contributed by atoms with Gasteiger partial charge in [-0.05, 0) is 48.8 Å². The van der Waals surface area contributed by atoms with Crippen molar-refractivity contribution in [3.05, 3.63) is 26.0 Å². The second-order valence-electron chi connectivity index (χ2n) is 4.48. The monoisotopic (exact) mass is 350 g/mol. The molecular formula is C10H14Br2N3O+. The van der Waals surface area contributed by atoms with Crippen LogP contribution in [0.5, 0.6) is 0 Å². The summed E-state index contributed by atoms with van der Waals surface area (Å²) < 4.78 is 1.47. The van der Waals surface area contributed by atoms with Crippen molar-refractivity contribution in [1.29, 1.82) is 0 Å². The molecule has 0 aliphatic rings. The van der Waals surface area contributed by atoms with Crippen molar-refractivity contribution in [3.8, 4) is 0 Å². The molecule has 0 aliphatic heterocycles. The van der Waals surface area contributed by atoms with Crippen molar-refractivity contribution in [2.75, 3.05) is 5.73 Å². The van der Waals surface area contributed by atoms with E-state index in [2.05, 4.69) is 37.3 Å². The highest BCUT2D eigenvalue weighted by Crippen LogP contribution is 2.34. The van der Waals surface area contributed by atoms with Crippen LogP contribution in [-0.2, 0) is 0 Å². The predicted molar refractivity (Wildman–Crippen MR) is 72.4 cm³/mol. The van der Waals surface area contributed by atoms with Crippen molar-refractivity contribution >= 4 is 43.2 Å². The Morgan fingerprint density at radius 1 is 1.31 bits per heavy atom. The van der Waals surface area contributed by atoms with Gasteiger partial charge >= 0.3 is 5.69 Å². The van der Waals surface area contributed by atoms with E-state index in [1.165, 1.54) is 0 Å².